The van der Waals surface area contributed by atoms with Gasteiger partial charge >= 0.3 is 0 Å². The summed E-state index contributed by atoms with van der Waals surface area (Å²) in [5.41, 5.74) is 3.66. The number of para-hydroxylation sites is 1. The third-order valence-electron chi connectivity index (χ3n) is 4.53. The first-order valence-electron chi connectivity index (χ1n) is 8.54. The van der Waals surface area contributed by atoms with Crippen LogP contribution in [0.15, 0.2) is 78.9 Å². The third kappa shape index (κ3) is 3.22. The molecule has 27 heavy (non-hydrogen) atoms. The van der Waals surface area contributed by atoms with Crippen molar-refractivity contribution in [3.63, 3.8) is 0 Å². The fourth-order valence-electron chi connectivity index (χ4n) is 3.17. The highest BCUT2D eigenvalue weighted by Crippen LogP contribution is 2.33. The van der Waals surface area contributed by atoms with E-state index in [4.69, 9.17) is 0 Å². The molecular weight excluding hydrogens is 340 g/mol. The van der Waals surface area contributed by atoms with Gasteiger partial charge in [0.15, 0.2) is 0 Å². The number of carbonyl (C=O) groups is 3. The van der Waals surface area contributed by atoms with Crippen molar-refractivity contribution in [3.05, 3.63) is 84.4 Å². The van der Waals surface area contributed by atoms with E-state index in [9.17, 15) is 14.4 Å². The van der Waals surface area contributed by atoms with Gasteiger partial charge in [-0.05, 0) is 34.9 Å². The molecule has 0 aromatic heterocycles. The molecule has 1 atom stereocenters. The SMILES string of the molecule is O=C(Nc1ccc(-c2ccccc2)cc1)C(=O)[C@H]1C(=O)Nc2ccccc21. The van der Waals surface area contributed by atoms with E-state index >= 15 is 0 Å². The van der Waals surface area contributed by atoms with Crippen LogP contribution in [-0.2, 0) is 14.4 Å². The van der Waals surface area contributed by atoms with Crippen LogP contribution < -0.4 is 10.6 Å². The number of carbonyl (C=O) groups excluding carboxylic acids is 3. The van der Waals surface area contributed by atoms with E-state index in [-0.39, 0.29) is 0 Å². The Morgan fingerprint density at radius 2 is 1.41 bits per heavy atom. The number of benzene rings is 3. The number of ketones is 1. The van der Waals surface area contributed by atoms with Crippen molar-refractivity contribution in [2.75, 3.05) is 10.6 Å². The van der Waals surface area contributed by atoms with E-state index in [1.807, 2.05) is 42.5 Å². The van der Waals surface area contributed by atoms with Gasteiger partial charge in [-0.25, -0.2) is 0 Å². The van der Waals surface area contributed by atoms with Crippen LogP contribution in [-0.4, -0.2) is 17.6 Å². The Morgan fingerprint density at radius 1 is 0.778 bits per heavy atom. The Hall–Kier alpha value is -3.73. The molecule has 0 unspecified atom stereocenters. The quantitative estimate of drug-likeness (QED) is 0.554. The van der Waals surface area contributed by atoms with Gasteiger partial charge in [-0.1, -0.05) is 60.7 Å². The summed E-state index contributed by atoms with van der Waals surface area (Å²) in [7, 11) is 0. The highest BCUT2D eigenvalue weighted by molar-refractivity contribution is 6.47. The predicted molar refractivity (Wildman–Crippen MR) is 103 cm³/mol. The van der Waals surface area contributed by atoms with Crippen LogP contribution in [0.25, 0.3) is 11.1 Å². The van der Waals surface area contributed by atoms with Gasteiger partial charge in [-0.2, -0.15) is 0 Å². The minimum Gasteiger partial charge on any atom is -0.325 e. The lowest BCUT2D eigenvalue weighted by Crippen LogP contribution is -2.31. The largest absolute Gasteiger partial charge is 0.325 e. The van der Waals surface area contributed by atoms with Gasteiger partial charge in [-0.15, -0.1) is 0 Å². The van der Waals surface area contributed by atoms with Gasteiger partial charge in [0.05, 0.1) is 0 Å². The molecule has 1 aliphatic rings. The van der Waals surface area contributed by atoms with Crippen molar-refractivity contribution in [2.45, 2.75) is 5.92 Å². The summed E-state index contributed by atoms with van der Waals surface area (Å²) >= 11 is 0. The maximum Gasteiger partial charge on any atom is 0.292 e. The average Bonchev–Trinajstić information content (AvgIpc) is 3.04. The molecule has 0 spiro atoms. The third-order valence-corrected chi connectivity index (χ3v) is 4.53. The standard InChI is InChI=1S/C22H16N2O3/c25-20(19-17-8-4-5-9-18(17)24-21(19)26)22(27)23-16-12-10-15(11-13-16)14-6-2-1-3-7-14/h1-13,19H,(H,23,27)(H,24,26)/t19-/m0/s1. The molecule has 5 nitrogen and oxygen atoms in total. The smallest absolute Gasteiger partial charge is 0.292 e. The molecule has 1 heterocycles. The Balaban J connectivity index is 1.49. The number of hydrogen-bond acceptors (Lipinski definition) is 3. The van der Waals surface area contributed by atoms with Gasteiger partial charge < -0.3 is 10.6 Å². The first-order chi connectivity index (χ1) is 13.1. The summed E-state index contributed by atoms with van der Waals surface area (Å²) in [4.78, 5) is 37.0. The zero-order valence-electron chi connectivity index (χ0n) is 14.3. The summed E-state index contributed by atoms with van der Waals surface area (Å²) in [6.07, 6.45) is 0. The second-order valence-corrected chi connectivity index (χ2v) is 6.27. The molecule has 0 bridgehead atoms. The normalized spacial score (nSPS) is 15.0. The molecule has 4 rings (SSSR count). The molecule has 0 saturated heterocycles. The van der Waals surface area contributed by atoms with Gasteiger partial charge in [0, 0.05) is 11.4 Å². The minimum atomic E-state index is -1.11. The highest BCUT2D eigenvalue weighted by atomic mass is 16.2. The Labute approximate surface area is 156 Å². The zero-order valence-corrected chi connectivity index (χ0v) is 14.3. The maximum atomic E-state index is 12.5. The molecule has 2 amide bonds. The number of anilines is 2. The van der Waals surface area contributed by atoms with E-state index < -0.39 is 23.5 Å². The van der Waals surface area contributed by atoms with Crippen LogP contribution >= 0.6 is 0 Å². The van der Waals surface area contributed by atoms with E-state index in [0.717, 1.165) is 11.1 Å². The average molecular weight is 356 g/mol. The predicted octanol–water partition coefficient (Wildman–Crippen LogP) is 3.60. The number of hydrogen-bond donors (Lipinski definition) is 2. The fraction of sp³-hybridized carbons (Fsp3) is 0.0455. The molecule has 0 radical (unpaired) electrons. The summed E-state index contributed by atoms with van der Waals surface area (Å²) in [5, 5.41) is 5.21. The summed E-state index contributed by atoms with van der Waals surface area (Å²) in [5.74, 6) is -3.16. The van der Waals surface area contributed by atoms with E-state index in [1.54, 1.807) is 36.4 Å². The van der Waals surface area contributed by atoms with E-state index in [2.05, 4.69) is 10.6 Å². The Bertz CT molecular complexity index is 1030. The Kier molecular flexibility index (Phi) is 4.26. The fourth-order valence-corrected chi connectivity index (χ4v) is 3.17. The number of Topliss-reactive ketones (excluding diaryl/α,β-unsaturated/α-hetero) is 1. The van der Waals surface area contributed by atoms with Crippen LogP contribution in [0.3, 0.4) is 0 Å². The minimum absolute atomic E-state index is 0.476. The molecular formula is C22H16N2O3. The van der Waals surface area contributed by atoms with Crippen molar-refractivity contribution in [1.29, 1.82) is 0 Å². The second kappa shape index (κ2) is 6.88. The van der Waals surface area contributed by atoms with Crippen LogP contribution in [0.5, 0.6) is 0 Å². The molecule has 3 aromatic rings. The van der Waals surface area contributed by atoms with Crippen molar-refractivity contribution < 1.29 is 14.4 Å². The van der Waals surface area contributed by atoms with Crippen molar-refractivity contribution in [1.82, 2.24) is 0 Å². The lowest BCUT2D eigenvalue weighted by Gasteiger charge is -2.09. The van der Waals surface area contributed by atoms with E-state index in [1.165, 1.54) is 0 Å². The Morgan fingerprint density at radius 3 is 2.15 bits per heavy atom. The van der Waals surface area contributed by atoms with Crippen molar-refractivity contribution >= 4 is 29.0 Å². The molecule has 5 heteroatoms. The summed E-state index contributed by atoms with van der Waals surface area (Å²) < 4.78 is 0. The van der Waals surface area contributed by atoms with Gasteiger partial charge in [0.2, 0.25) is 11.7 Å². The van der Waals surface area contributed by atoms with Crippen LogP contribution in [0.4, 0.5) is 11.4 Å². The number of amides is 2. The van der Waals surface area contributed by atoms with Crippen molar-refractivity contribution in [2.24, 2.45) is 0 Å². The van der Waals surface area contributed by atoms with Gasteiger partial charge in [-0.3, -0.25) is 14.4 Å². The van der Waals surface area contributed by atoms with Crippen LogP contribution in [0, 0.1) is 0 Å². The zero-order chi connectivity index (χ0) is 18.8. The van der Waals surface area contributed by atoms with Gasteiger partial charge in [0.1, 0.15) is 5.92 Å². The maximum absolute atomic E-state index is 12.5. The lowest BCUT2D eigenvalue weighted by atomic mass is 9.95. The van der Waals surface area contributed by atoms with Crippen LogP contribution in [0.2, 0.25) is 0 Å². The molecule has 0 saturated carbocycles. The van der Waals surface area contributed by atoms with E-state index in [0.29, 0.717) is 16.9 Å². The van der Waals surface area contributed by atoms with Crippen LogP contribution in [0.1, 0.15) is 11.5 Å². The molecule has 2 N–H and O–H groups in total. The second-order valence-electron chi connectivity index (χ2n) is 6.27. The molecule has 0 fully saturated rings. The molecule has 1 aliphatic heterocycles. The summed E-state index contributed by atoms with van der Waals surface area (Å²) in [6.45, 7) is 0. The molecule has 3 aromatic carbocycles. The summed E-state index contributed by atoms with van der Waals surface area (Å²) in [6, 6.07) is 23.9. The number of nitrogens with one attached hydrogen (secondary N) is 2. The first kappa shape index (κ1) is 16.7. The van der Waals surface area contributed by atoms with Gasteiger partial charge in [0.25, 0.3) is 5.91 Å². The monoisotopic (exact) mass is 356 g/mol. The number of fused-ring (bicyclic) bond motifs is 1. The molecule has 0 aliphatic carbocycles. The molecule has 132 valence electrons. The topological polar surface area (TPSA) is 75.3 Å². The first-order valence-corrected chi connectivity index (χ1v) is 8.54. The lowest BCUT2D eigenvalue weighted by molar-refractivity contribution is -0.138. The van der Waals surface area contributed by atoms with Crippen molar-refractivity contribution in [3.8, 4) is 11.1 Å². The number of rotatable bonds is 4. The highest BCUT2D eigenvalue weighted by Gasteiger charge is 2.39.